The lowest BCUT2D eigenvalue weighted by atomic mass is 9.91. The summed E-state index contributed by atoms with van der Waals surface area (Å²) in [6, 6.07) is 7.08. The fraction of sp³-hybridized carbons (Fsp3) is 0.438. The largest absolute Gasteiger partial charge is 0.463 e. The van der Waals surface area contributed by atoms with Gasteiger partial charge in [0.05, 0.1) is 23.0 Å². The normalized spacial score (nSPS) is 11.3. The van der Waals surface area contributed by atoms with Crippen LogP contribution in [0.15, 0.2) is 24.3 Å². The number of carbonyl (C=O) groups excluding carboxylic acids is 2. The molecule has 0 unspecified atom stereocenters. The van der Waals surface area contributed by atoms with E-state index in [1.165, 1.54) is 0 Å². The minimum atomic E-state index is -0.503. The number of carbonyl (C=O) groups is 2. The van der Waals surface area contributed by atoms with E-state index in [1.807, 2.05) is 45.0 Å². The van der Waals surface area contributed by atoms with Crippen molar-refractivity contribution in [3.8, 4) is 0 Å². The lowest BCUT2D eigenvalue weighted by molar-refractivity contribution is -0.153. The van der Waals surface area contributed by atoms with Crippen LogP contribution in [0, 0.1) is 5.41 Å². The van der Waals surface area contributed by atoms with E-state index in [9.17, 15) is 9.59 Å². The van der Waals surface area contributed by atoms with Gasteiger partial charge in [-0.25, -0.2) is 9.78 Å². The van der Waals surface area contributed by atoms with Crippen LogP contribution in [0.2, 0.25) is 0 Å². The molecule has 7 heteroatoms. The second-order valence-electron chi connectivity index (χ2n) is 5.86. The first-order chi connectivity index (χ1) is 10.9. The molecule has 0 aliphatic heterocycles. The second kappa shape index (κ2) is 7.13. The molecule has 23 heavy (non-hydrogen) atoms. The zero-order valence-electron chi connectivity index (χ0n) is 13.6. The summed E-state index contributed by atoms with van der Waals surface area (Å²) in [4.78, 5) is 30.8. The molecule has 2 aromatic rings. The second-order valence-corrected chi connectivity index (χ2v) is 5.86. The Morgan fingerprint density at radius 3 is 2.74 bits per heavy atom. The van der Waals surface area contributed by atoms with Crippen molar-refractivity contribution in [2.45, 2.75) is 27.2 Å². The van der Waals surface area contributed by atoms with E-state index >= 15 is 0 Å². The SMILES string of the molecule is CCC(C)(C)C(=O)OCCNC(=O)Nc1nc2ccccc2[nH]1. The predicted octanol–water partition coefficient (Wildman–Crippen LogP) is 2.66. The minimum absolute atomic E-state index is 0.135. The number of para-hydroxylation sites is 2. The van der Waals surface area contributed by atoms with Crippen LogP contribution < -0.4 is 10.6 Å². The Hall–Kier alpha value is -2.57. The Bertz CT molecular complexity index is 660. The molecule has 2 amide bonds. The first kappa shape index (κ1) is 16.8. The molecule has 1 aromatic carbocycles. The third-order valence-corrected chi connectivity index (χ3v) is 3.68. The number of benzene rings is 1. The number of urea groups is 1. The molecule has 0 bridgehead atoms. The maximum absolute atomic E-state index is 11.8. The van der Waals surface area contributed by atoms with Crippen LogP contribution in [-0.2, 0) is 9.53 Å². The predicted molar refractivity (Wildman–Crippen MR) is 88.1 cm³/mol. The Balaban J connectivity index is 1.74. The van der Waals surface area contributed by atoms with Crippen molar-refractivity contribution in [3.05, 3.63) is 24.3 Å². The molecule has 0 spiro atoms. The highest BCUT2D eigenvalue weighted by atomic mass is 16.5. The number of imidazole rings is 1. The smallest absolute Gasteiger partial charge is 0.321 e. The van der Waals surface area contributed by atoms with Gasteiger partial charge >= 0.3 is 12.0 Å². The summed E-state index contributed by atoms with van der Waals surface area (Å²) in [5.74, 6) is 0.104. The number of nitrogens with zero attached hydrogens (tertiary/aromatic N) is 1. The van der Waals surface area contributed by atoms with Crippen molar-refractivity contribution >= 4 is 29.0 Å². The molecule has 2 rings (SSSR count). The number of esters is 1. The van der Waals surface area contributed by atoms with Gasteiger partial charge in [-0.1, -0.05) is 19.1 Å². The monoisotopic (exact) mass is 318 g/mol. The first-order valence-corrected chi connectivity index (χ1v) is 7.59. The van der Waals surface area contributed by atoms with Crippen LogP contribution in [0.5, 0.6) is 0 Å². The van der Waals surface area contributed by atoms with Gasteiger partial charge < -0.3 is 15.0 Å². The van der Waals surface area contributed by atoms with E-state index < -0.39 is 11.4 Å². The fourth-order valence-electron chi connectivity index (χ4n) is 1.81. The number of anilines is 1. The number of H-pyrrole nitrogens is 1. The zero-order chi connectivity index (χ0) is 16.9. The van der Waals surface area contributed by atoms with Crippen molar-refractivity contribution < 1.29 is 14.3 Å². The number of hydrogen-bond donors (Lipinski definition) is 3. The Morgan fingerprint density at radius 1 is 1.30 bits per heavy atom. The maximum atomic E-state index is 11.8. The van der Waals surface area contributed by atoms with Crippen LogP contribution >= 0.6 is 0 Å². The summed E-state index contributed by atoms with van der Waals surface area (Å²) in [5.41, 5.74) is 1.12. The molecule has 0 saturated carbocycles. The summed E-state index contributed by atoms with van der Waals surface area (Å²) >= 11 is 0. The van der Waals surface area contributed by atoms with Gasteiger partial charge in [0.25, 0.3) is 0 Å². The van der Waals surface area contributed by atoms with Crippen molar-refractivity contribution in [3.63, 3.8) is 0 Å². The number of hydrogen-bond acceptors (Lipinski definition) is 4. The lowest BCUT2D eigenvalue weighted by Gasteiger charge is -2.20. The molecule has 124 valence electrons. The van der Waals surface area contributed by atoms with E-state index in [0.717, 1.165) is 11.0 Å². The molecular formula is C16H22N4O3. The van der Waals surface area contributed by atoms with Crippen LogP contribution in [0.3, 0.4) is 0 Å². The number of aromatic nitrogens is 2. The van der Waals surface area contributed by atoms with E-state index in [-0.39, 0.29) is 19.1 Å². The molecule has 1 heterocycles. The molecule has 3 N–H and O–H groups in total. The molecule has 1 aromatic heterocycles. The van der Waals surface area contributed by atoms with Gasteiger partial charge in [0, 0.05) is 0 Å². The molecule has 0 saturated heterocycles. The van der Waals surface area contributed by atoms with Crippen molar-refractivity contribution in [1.29, 1.82) is 0 Å². The van der Waals surface area contributed by atoms with E-state index in [1.54, 1.807) is 0 Å². The average molecular weight is 318 g/mol. The highest BCUT2D eigenvalue weighted by molar-refractivity contribution is 5.89. The van der Waals surface area contributed by atoms with E-state index in [2.05, 4.69) is 20.6 Å². The Labute approximate surface area is 134 Å². The lowest BCUT2D eigenvalue weighted by Crippen LogP contribution is -2.34. The molecule has 0 aliphatic carbocycles. The van der Waals surface area contributed by atoms with E-state index in [4.69, 9.17) is 4.74 Å². The highest BCUT2D eigenvalue weighted by Crippen LogP contribution is 2.21. The number of nitrogens with one attached hydrogen (secondary N) is 3. The van der Waals surface area contributed by atoms with Crippen LogP contribution in [-0.4, -0.2) is 35.1 Å². The third kappa shape index (κ3) is 4.45. The van der Waals surface area contributed by atoms with Gasteiger partial charge in [0.1, 0.15) is 6.61 Å². The summed E-state index contributed by atoms with van der Waals surface area (Å²) in [6.07, 6.45) is 0.700. The average Bonchev–Trinajstić information content (AvgIpc) is 2.93. The number of fused-ring (bicyclic) bond motifs is 1. The summed E-state index contributed by atoms with van der Waals surface area (Å²) in [5, 5.41) is 5.22. The van der Waals surface area contributed by atoms with Crippen LogP contribution in [0.1, 0.15) is 27.2 Å². The van der Waals surface area contributed by atoms with Gasteiger partial charge in [0.2, 0.25) is 5.95 Å². The first-order valence-electron chi connectivity index (χ1n) is 7.59. The standard InChI is InChI=1S/C16H22N4O3/c1-4-16(2,3)13(21)23-10-9-17-15(22)20-14-18-11-7-5-6-8-12(11)19-14/h5-8H,4,9-10H2,1-3H3,(H3,17,18,19,20,22). The quantitative estimate of drug-likeness (QED) is 0.563. The maximum Gasteiger partial charge on any atom is 0.321 e. The number of amides is 2. The summed E-state index contributed by atoms with van der Waals surface area (Å²) in [7, 11) is 0. The van der Waals surface area contributed by atoms with E-state index in [0.29, 0.717) is 12.4 Å². The summed E-state index contributed by atoms with van der Waals surface area (Å²) < 4.78 is 5.14. The molecular weight excluding hydrogens is 296 g/mol. The number of ether oxygens (including phenoxy) is 1. The molecule has 0 fully saturated rings. The minimum Gasteiger partial charge on any atom is -0.463 e. The van der Waals surface area contributed by atoms with Gasteiger partial charge in [0.15, 0.2) is 0 Å². The number of aromatic amines is 1. The zero-order valence-corrected chi connectivity index (χ0v) is 13.6. The molecule has 0 radical (unpaired) electrons. The third-order valence-electron chi connectivity index (χ3n) is 3.68. The molecule has 0 atom stereocenters. The topological polar surface area (TPSA) is 96.1 Å². The highest BCUT2D eigenvalue weighted by Gasteiger charge is 2.26. The van der Waals surface area contributed by atoms with Crippen molar-refractivity contribution in [2.24, 2.45) is 5.41 Å². The van der Waals surface area contributed by atoms with Crippen LogP contribution in [0.4, 0.5) is 10.7 Å². The fourth-order valence-corrected chi connectivity index (χ4v) is 1.81. The van der Waals surface area contributed by atoms with Crippen molar-refractivity contribution in [2.75, 3.05) is 18.5 Å². The molecule has 0 aliphatic rings. The summed E-state index contributed by atoms with van der Waals surface area (Å²) in [6.45, 7) is 5.96. The van der Waals surface area contributed by atoms with Gasteiger partial charge in [-0.05, 0) is 32.4 Å². The van der Waals surface area contributed by atoms with Gasteiger partial charge in [-0.2, -0.15) is 0 Å². The number of rotatable bonds is 6. The Morgan fingerprint density at radius 2 is 2.04 bits per heavy atom. The van der Waals surface area contributed by atoms with Gasteiger partial charge in [-0.15, -0.1) is 0 Å². The molecule has 7 nitrogen and oxygen atoms in total. The van der Waals surface area contributed by atoms with Crippen molar-refractivity contribution in [1.82, 2.24) is 15.3 Å². The van der Waals surface area contributed by atoms with Gasteiger partial charge in [-0.3, -0.25) is 10.1 Å². The Kier molecular flexibility index (Phi) is 5.20. The van der Waals surface area contributed by atoms with Crippen LogP contribution in [0.25, 0.3) is 11.0 Å².